The Bertz CT molecular complexity index is 470. The van der Waals surface area contributed by atoms with E-state index in [-0.39, 0.29) is 5.91 Å². The van der Waals surface area contributed by atoms with Crippen LogP contribution in [0, 0.1) is 0 Å². The fourth-order valence-electron chi connectivity index (χ4n) is 1.63. The van der Waals surface area contributed by atoms with E-state index >= 15 is 0 Å². The lowest BCUT2D eigenvalue weighted by atomic mass is 10.2. The Morgan fingerprint density at radius 3 is 3.06 bits per heavy atom. The minimum absolute atomic E-state index is 0.0688. The number of amides is 1. The molecule has 0 atom stereocenters. The van der Waals surface area contributed by atoms with E-state index in [0.29, 0.717) is 17.4 Å². The number of rotatable bonds is 3. The normalized spacial score (nSPS) is 17.7. The third-order valence-electron chi connectivity index (χ3n) is 2.40. The molecule has 17 heavy (non-hydrogen) atoms. The summed E-state index contributed by atoms with van der Waals surface area (Å²) in [4.78, 5) is 17.6. The molecular weight excluding hydrogens is 234 g/mol. The molecule has 2 rings (SSSR count). The number of hydrogen-bond acceptors (Lipinski definition) is 3. The number of thiocarbonyl (C=S) groups is 1. The van der Waals surface area contributed by atoms with Crippen LogP contribution in [0.25, 0.3) is 6.08 Å². The Morgan fingerprint density at radius 1 is 1.59 bits per heavy atom. The Hall–Kier alpha value is -1.75. The Kier molecular flexibility index (Phi) is 3.49. The van der Waals surface area contributed by atoms with Crippen molar-refractivity contribution >= 4 is 29.3 Å². The van der Waals surface area contributed by atoms with Crippen molar-refractivity contribution in [2.24, 2.45) is 0 Å². The van der Waals surface area contributed by atoms with E-state index in [1.165, 1.54) is 0 Å². The molecule has 1 saturated heterocycles. The molecule has 1 fully saturated rings. The summed E-state index contributed by atoms with van der Waals surface area (Å²) >= 11 is 5.11. The van der Waals surface area contributed by atoms with Crippen molar-refractivity contribution in [1.29, 1.82) is 0 Å². The first-order valence-electron chi connectivity index (χ1n) is 5.47. The first kappa shape index (κ1) is 11.7. The fourth-order valence-corrected chi connectivity index (χ4v) is 1.91. The smallest absolute Gasteiger partial charge is 0.276 e. The summed E-state index contributed by atoms with van der Waals surface area (Å²) in [6, 6.07) is 3.72. The van der Waals surface area contributed by atoms with E-state index in [1.807, 2.05) is 19.1 Å². The van der Waals surface area contributed by atoms with Crippen LogP contribution in [0.2, 0.25) is 0 Å². The predicted octanol–water partition coefficient (Wildman–Crippen LogP) is 1.55. The molecule has 1 aliphatic heterocycles. The van der Waals surface area contributed by atoms with E-state index in [4.69, 9.17) is 12.2 Å². The number of pyridine rings is 1. The Balaban J connectivity index is 2.22. The van der Waals surface area contributed by atoms with Gasteiger partial charge in [0.2, 0.25) is 0 Å². The lowest BCUT2D eigenvalue weighted by Crippen LogP contribution is -2.31. The number of aromatic nitrogens is 1. The topological polar surface area (TPSA) is 45.2 Å². The van der Waals surface area contributed by atoms with Gasteiger partial charge in [0, 0.05) is 18.9 Å². The van der Waals surface area contributed by atoms with Gasteiger partial charge in [0.25, 0.3) is 5.91 Å². The van der Waals surface area contributed by atoms with Crippen molar-refractivity contribution in [1.82, 2.24) is 15.2 Å². The molecule has 0 unspecified atom stereocenters. The second kappa shape index (κ2) is 5.05. The van der Waals surface area contributed by atoms with Crippen LogP contribution in [-0.4, -0.2) is 27.4 Å². The van der Waals surface area contributed by atoms with Crippen LogP contribution in [0.4, 0.5) is 0 Å². The van der Waals surface area contributed by atoms with Gasteiger partial charge < -0.3 is 5.32 Å². The van der Waals surface area contributed by atoms with Crippen molar-refractivity contribution in [3.05, 3.63) is 35.8 Å². The summed E-state index contributed by atoms with van der Waals surface area (Å²) < 4.78 is 0. The zero-order valence-electron chi connectivity index (χ0n) is 9.51. The highest BCUT2D eigenvalue weighted by Crippen LogP contribution is 2.13. The molecule has 1 aliphatic rings. The van der Waals surface area contributed by atoms with Crippen molar-refractivity contribution < 1.29 is 4.79 Å². The molecular formula is C12H13N3OS. The fraction of sp³-hybridized carbons (Fsp3) is 0.250. The summed E-state index contributed by atoms with van der Waals surface area (Å²) in [5, 5.41) is 3.41. The minimum Gasteiger partial charge on any atom is -0.328 e. The van der Waals surface area contributed by atoms with Gasteiger partial charge in [-0.2, -0.15) is 0 Å². The number of carbonyl (C=O) groups is 1. The summed E-state index contributed by atoms with van der Waals surface area (Å²) in [6.45, 7) is 2.66. The Labute approximate surface area is 105 Å². The molecule has 1 amide bonds. The van der Waals surface area contributed by atoms with E-state index in [9.17, 15) is 4.79 Å². The standard InChI is InChI=1S/C12H13N3OS/c1-2-6-15-11(16)10(14-12(15)17)7-9-4-3-5-13-8-9/h3-5,7-8H,2,6H2,1H3,(H,14,17). The summed E-state index contributed by atoms with van der Waals surface area (Å²) in [5.41, 5.74) is 1.39. The summed E-state index contributed by atoms with van der Waals surface area (Å²) in [5.74, 6) is -0.0688. The molecule has 0 radical (unpaired) electrons. The van der Waals surface area contributed by atoms with E-state index in [1.54, 1.807) is 23.4 Å². The molecule has 5 heteroatoms. The number of nitrogens with one attached hydrogen (secondary N) is 1. The van der Waals surface area contributed by atoms with Gasteiger partial charge in [0.05, 0.1) is 0 Å². The predicted molar refractivity (Wildman–Crippen MR) is 70.0 cm³/mol. The van der Waals surface area contributed by atoms with Crippen molar-refractivity contribution in [3.8, 4) is 0 Å². The summed E-state index contributed by atoms with van der Waals surface area (Å²) in [6.07, 6.45) is 6.04. The van der Waals surface area contributed by atoms with Gasteiger partial charge in [-0.1, -0.05) is 13.0 Å². The molecule has 1 aromatic rings. The van der Waals surface area contributed by atoms with E-state index < -0.39 is 0 Å². The lowest BCUT2D eigenvalue weighted by molar-refractivity contribution is -0.122. The maximum absolute atomic E-state index is 12.0. The van der Waals surface area contributed by atoms with Gasteiger partial charge >= 0.3 is 0 Å². The maximum Gasteiger partial charge on any atom is 0.276 e. The van der Waals surface area contributed by atoms with Crippen LogP contribution in [0.3, 0.4) is 0 Å². The molecule has 0 spiro atoms. The van der Waals surface area contributed by atoms with E-state index in [2.05, 4.69) is 10.3 Å². The number of nitrogens with zero attached hydrogens (tertiary/aromatic N) is 2. The highest BCUT2D eigenvalue weighted by molar-refractivity contribution is 7.80. The molecule has 2 heterocycles. The van der Waals surface area contributed by atoms with Gasteiger partial charge in [-0.15, -0.1) is 0 Å². The van der Waals surface area contributed by atoms with Gasteiger partial charge in [-0.25, -0.2) is 0 Å². The molecule has 0 aromatic carbocycles. The van der Waals surface area contributed by atoms with Crippen LogP contribution in [0.1, 0.15) is 18.9 Å². The second-order valence-corrected chi connectivity index (χ2v) is 4.12. The van der Waals surface area contributed by atoms with Crippen molar-refractivity contribution in [2.45, 2.75) is 13.3 Å². The number of hydrogen-bond donors (Lipinski definition) is 1. The van der Waals surface area contributed by atoms with Crippen LogP contribution < -0.4 is 5.32 Å². The van der Waals surface area contributed by atoms with Crippen LogP contribution in [0.5, 0.6) is 0 Å². The average Bonchev–Trinajstić information content (AvgIpc) is 2.59. The van der Waals surface area contributed by atoms with E-state index in [0.717, 1.165) is 12.0 Å². The number of carbonyl (C=O) groups excluding carboxylic acids is 1. The van der Waals surface area contributed by atoms with Gasteiger partial charge in [0.15, 0.2) is 5.11 Å². The average molecular weight is 247 g/mol. The van der Waals surface area contributed by atoms with Crippen LogP contribution >= 0.6 is 12.2 Å². The first-order valence-corrected chi connectivity index (χ1v) is 5.87. The van der Waals surface area contributed by atoms with Crippen LogP contribution in [0.15, 0.2) is 30.2 Å². The van der Waals surface area contributed by atoms with Gasteiger partial charge in [0.1, 0.15) is 5.70 Å². The SMILES string of the molecule is CCCN1C(=O)C(=Cc2cccnc2)NC1=S. The van der Waals surface area contributed by atoms with Crippen molar-refractivity contribution in [3.63, 3.8) is 0 Å². The van der Waals surface area contributed by atoms with Gasteiger partial charge in [-0.05, 0) is 36.3 Å². The maximum atomic E-state index is 12.0. The first-order chi connectivity index (χ1) is 8.22. The molecule has 0 bridgehead atoms. The van der Waals surface area contributed by atoms with Gasteiger partial charge in [-0.3, -0.25) is 14.7 Å². The second-order valence-electron chi connectivity index (χ2n) is 3.73. The zero-order chi connectivity index (χ0) is 12.3. The molecule has 1 aromatic heterocycles. The third kappa shape index (κ3) is 2.50. The zero-order valence-corrected chi connectivity index (χ0v) is 10.3. The van der Waals surface area contributed by atoms with Crippen LogP contribution in [-0.2, 0) is 4.79 Å². The minimum atomic E-state index is -0.0688. The quantitative estimate of drug-likeness (QED) is 0.650. The molecule has 4 nitrogen and oxygen atoms in total. The molecule has 0 saturated carbocycles. The molecule has 1 N–H and O–H groups in total. The summed E-state index contributed by atoms with van der Waals surface area (Å²) in [7, 11) is 0. The largest absolute Gasteiger partial charge is 0.328 e. The molecule has 0 aliphatic carbocycles. The lowest BCUT2D eigenvalue weighted by Gasteiger charge is -2.11. The van der Waals surface area contributed by atoms with Crippen molar-refractivity contribution in [2.75, 3.05) is 6.54 Å². The highest BCUT2D eigenvalue weighted by Gasteiger charge is 2.29. The molecule has 88 valence electrons. The third-order valence-corrected chi connectivity index (χ3v) is 2.73. The monoisotopic (exact) mass is 247 g/mol. The Morgan fingerprint density at radius 2 is 2.41 bits per heavy atom. The highest BCUT2D eigenvalue weighted by atomic mass is 32.1.